The molecule has 0 heterocycles. The summed E-state index contributed by atoms with van der Waals surface area (Å²) in [5.74, 6) is -0.694. The van der Waals surface area contributed by atoms with Gasteiger partial charge in [-0.05, 0) is 18.2 Å². The molecule has 6 nitrogen and oxygen atoms in total. The molecule has 0 unspecified atom stereocenters. The Kier molecular flexibility index (Phi) is 4.33. The van der Waals surface area contributed by atoms with Crippen LogP contribution in [0, 0.1) is 0 Å². The van der Waals surface area contributed by atoms with E-state index in [0.717, 1.165) is 0 Å². The number of nitrogens with one attached hydrogen (secondary N) is 1. The van der Waals surface area contributed by atoms with Crippen LogP contribution in [0.25, 0.3) is 0 Å². The Balaban J connectivity index is 2.80. The molecule has 0 aliphatic carbocycles. The highest BCUT2D eigenvalue weighted by atomic mass is 16.5. The van der Waals surface area contributed by atoms with Gasteiger partial charge in [0, 0.05) is 12.7 Å². The van der Waals surface area contributed by atoms with Crippen LogP contribution >= 0.6 is 0 Å². The summed E-state index contributed by atoms with van der Waals surface area (Å²) in [5, 5.41) is 2.34. The summed E-state index contributed by atoms with van der Waals surface area (Å²) in [6, 6.07) is 4.60. The van der Waals surface area contributed by atoms with E-state index in [2.05, 4.69) is 5.32 Å². The number of methoxy groups -OCH3 is 1. The number of likely N-dealkylation sites (N-methyl/N-ethyl adjacent to an activating group) is 1. The van der Waals surface area contributed by atoms with E-state index in [9.17, 15) is 9.59 Å². The first-order valence-corrected chi connectivity index (χ1v) is 4.89. The van der Waals surface area contributed by atoms with E-state index in [-0.39, 0.29) is 18.1 Å². The largest absolute Gasteiger partial charge is 0.496 e. The average Bonchev–Trinajstić information content (AvgIpc) is 2.35. The minimum absolute atomic E-state index is 0.191. The summed E-state index contributed by atoms with van der Waals surface area (Å²) in [5.41, 5.74) is 6.17. The summed E-state index contributed by atoms with van der Waals surface area (Å²) in [7, 11) is 2.89. The van der Waals surface area contributed by atoms with Crippen LogP contribution in [0.15, 0.2) is 18.2 Å². The van der Waals surface area contributed by atoms with Crippen LogP contribution in [0.4, 0.5) is 5.69 Å². The van der Waals surface area contributed by atoms with Crippen LogP contribution in [-0.4, -0.2) is 32.6 Å². The predicted molar refractivity (Wildman–Crippen MR) is 61.8 cm³/mol. The molecule has 0 spiro atoms. The molecule has 0 radical (unpaired) electrons. The van der Waals surface area contributed by atoms with Crippen LogP contribution in [-0.2, 0) is 9.53 Å². The Morgan fingerprint density at radius 1 is 1.41 bits per heavy atom. The normalized spacial score (nSPS) is 9.53. The molecule has 92 valence electrons. The molecule has 6 heteroatoms. The molecule has 3 N–H and O–H groups in total. The van der Waals surface area contributed by atoms with Crippen molar-refractivity contribution in [3.8, 4) is 5.75 Å². The second-order valence-electron chi connectivity index (χ2n) is 3.21. The van der Waals surface area contributed by atoms with E-state index in [0.29, 0.717) is 11.4 Å². The van der Waals surface area contributed by atoms with E-state index in [1.165, 1.54) is 20.2 Å². The molecule has 0 saturated heterocycles. The van der Waals surface area contributed by atoms with Gasteiger partial charge in [-0.25, -0.2) is 4.79 Å². The lowest BCUT2D eigenvalue weighted by Gasteiger charge is -2.08. The second-order valence-corrected chi connectivity index (χ2v) is 3.21. The lowest BCUT2D eigenvalue weighted by molar-refractivity contribution is -0.123. The number of nitrogens with two attached hydrogens (primary N) is 1. The summed E-state index contributed by atoms with van der Waals surface area (Å²) in [4.78, 5) is 22.6. The van der Waals surface area contributed by atoms with Crippen molar-refractivity contribution in [3.05, 3.63) is 23.8 Å². The number of hydrogen-bond donors (Lipinski definition) is 2. The SMILES string of the molecule is CNC(=O)COC(=O)c1cc(N)ccc1OC. The molecule has 1 amide bonds. The number of hydrogen-bond acceptors (Lipinski definition) is 5. The quantitative estimate of drug-likeness (QED) is 0.576. The van der Waals surface area contributed by atoms with Gasteiger partial charge < -0.3 is 20.5 Å². The molecule has 0 aliphatic heterocycles. The van der Waals surface area contributed by atoms with Crippen molar-refractivity contribution in [3.63, 3.8) is 0 Å². The van der Waals surface area contributed by atoms with Gasteiger partial charge in [-0.15, -0.1) is 0 Å². The number of rotatable bonds is 4. The molecule has 0 aromatic heterocycles. The number of ether oxygens (including phenoxy) is 2. The molecular formula is C11H14N2O4. The molecule has 1 aromatic carbocycles. The Labute approximate surface area is 98.7 Å². The maximum absolute atomic E-state index is 11.7. The Hall–Kier alpha value is -2.24. The van der Waals surface area contributed by atoms with Crippen LogP contribution in [0.2, 0.25) is 0 Å². The minimum atomic E-state index is -0.655. The number of carbonyl (C=O) groups excluding carboxylic acids is 2. The fourth-order valence-electron chi connectivity index (χ4n) is 1.17. The molecule has 0 atom stereocenters. The highest BCUT2D eigenvalue weighted by molar-refractivity contribution is 5.94. The second kappa shape index (κ2) is 5.74. The first kappa shape index (κ1) is 12.8. The zero-order valence-electron chi connectivity index (χ0n) is 9.65. The third-order valence-corrected chi connectivity index (χ3v) is 2.06. The molecule has 0 fully saturated rings. The van der Waals surface area contributed by atoms with Gasteiger partial charge in [-0.1, -0.05) is 0 Å². The molecule has 17 heavy (non-hydrogen) atoms. The topological polar surface area (TPSA) is 90.7 Å². The maximum atomic E-state index is 11.7. The van der Waals surface area contributed by atoms with Crippen LogP contribution in [0.1, 0.15) is 10.4 Å². The highest BCUT2D eigenvalue weighted by Gasteiger charge is 2.15. The van der Waals surface area contributed by atoms with Crippen molar-refractivity contribution >= 4 is 17.6 Å². The molecular weight excluding hydrogens is 224 g/mol. The van der Waals surface area contributed by atoms with Crippen LogP contribution in [0.3, 0.4) is 0 Å². The summed E-state index contributed by atoms with van der Waals surface area (Å²) < 4.78 is 9.79. The third kappa shape index (κ3) is 3.37. The Bertz CT molecular complexity index is 431. The van der Waals surface area contributed by atoms with Crippen LogP contribution < -0.4 is 15.8 Å². The van der Waals surface area contributed by atoms with E-state index >= 15 is 0 Å². The third-order valence-electron chi connectivity index (χ3n) is 2.06. The maximum Gasteiger partial charge on any atom is 0.342 e. The van der Waals surface area contributed by atoms with Crippen molar-refractivity contribution in [2.45, 2.75) is 0 Å². The Morgan fingerprint density at radius 2 is 2.12 bits per heavy atom. The first-order valence-electron chi connectivity index (χ1n) is 4.89. The molecule has 1 aromatic rings. The fraction of sp³-hybridized carbons (Fsp3) is 0.273. The van der Waals surface area contributed by atoms with E-state index in [1.807, 2.05) is 0 Å². The highest BCUT2D eigenvalue weighted by Crippen LogP contribution is 2.21. The smallest absolute Gasteiger partial charge is 0.342 e. The van der Waals surface area contributed by atoms with Gasteiger partial charge in [0.2, 0.25) is 0 Å². The average molecular weight is 238 g/mol. The number of benzene rings is 1. The van der Waals surface area contributed by atoms with Gasteiger partial charge in [-0.3, -0.25) is 4.79 Å². The number of amides is 1. The lowest BCUT2D eigenvalue weighted by Crippen LogP contribution is -2.25. The number of anilines is 1. The van der Waals surface area contributed by atoms with Crippen molar-refractivity contribution in [1.82, 2.24) is 5.32 Å². The van der Waals surface area contributed by atoms with E-state index < -0.39 is 5.97 Å². The van der Waals surface area contributed by atoms with Gasteiger partial charge in [-0.2, -0.15) is 0 Å². The van der Waals surface area contributed by atoms with E-state index in [4.69, 9.17) is 15.2 Å². The monoisotopic (exact) mass is 238 g/mol. The van der Waals surface area contributed by atoms with Gasteiger partial charge in [0.25, 0.3) is 5.91 Å². The summed E-state index contributed by atoms with van der Waals surface area (Å²) in [6.45, 7) is -0.340. The standard InChI is InChI=1S/C11H14N2O4/c1-13-10(14)6-17-11(15)8-5-7(12)3-4-9(8)16-2/h3-5H,6,12H2,1-2H3,(H,13,14). The van der Waals surface area contributed by atoms with Crippen molar-refractivity contribution in [1.29, 1.82) is 0 Å². The first-order chi connectivity index (χ1) is 8.08. The summed E-state index contributed by atoms with van der Waals surface area (Å²) >= 11 is 0. The number of nitrogen functional groups attached to an aromatic ring is 1. The molecule has 0 aliphatic rings. The Morgan fingerprint density at radius 3 is 2.71 bits per heavy atom. The van der Waals surface area contributed by atoms with Gasteiger partial charge in [0.05, 0.1) is 7.11 Å². The van der Waals surface area contributed by atoms with E-state index in [1.54, 1.807) is 12.1 Å². The van der Waals surface area contributed by atoms with Crippen molar-refractivity contribution in [2.75, 3.05) is 26.5 Å². The van der Waals surface area contributed by atoms with Crippen LogP contribution in [0.5, 0.6) is 5.75 Å². The van der Waals surface area contributed by atoms with Gasteiger partial charge >= 0.3 is 5.97 Å². The van der Waals surface area contributed by atoms with Gasteiger partial charge in [0.15, 0.2) is 6.61 Å². The number of esters is 1. The van der Waals surface area contributed by atoms with Crippen molar-refractivity contribution in [2.24, 2.45) is 0 Å². The summed E-state index contributed by atoms with van der Waals surface area (Å²) in [6.07, 6.45) is 0. The number of carbonyl (C=O) groups is 2. The van der Waals surface area contributed by atoms with Gasteiger partial charge in [0.1, 0.15) is 11.3 Å². The lowest BCUT2D eigenvalue weighted by atomic mass is 10.2. The molecule has 0 bridgehead atoms. The molecule has 0 saturated carbocycles. The van der Waals surface area contributed by atoms with Crippen molar-refractivity contribution < 1.29 is 19.1 Å². The zero-order valence-corrected chi connectivity index (χ0v) is 9.65. The predicted octanol–water partition coefficient (Wildman–Crippen LogP) is 0.180. The fourth-order valence-corrected chi connectivity index (χ4v) is 1.17. The zero-order chi connectivity index (χ0) is 12.8. The minimum Gasteiger partial charge on any atom is -0.496 e. The molecule has 1 rings (SSSR count).